The Hall–Kier alpha value is -3.97. The van der Waals surface area contributed by atoms with E-state index in [4.69, 9.17) is 4.42 Å². The number of aromatic amines is 1. The molecule has 172 valence electrons. The van der Waals surface area contributed by atoms with Crippen molar-refractivity contribution in [3.8, 4) is 0 Å². The van der Waals surface area contributed by atoms with Gasteiger partial charge in [0.15, 0.2) is 0 Å². The first kappa shape index (κ1) is 21.9. The molecule has 1 amide bonds. The molecule has 0 fully saturated rings. The smallest absolute Gasteiger partial charge is 0.237 e. The maximum Gasteiger partial charge on any atom is 0.237 e. The summed E-state index contributed by atoms with van der Waals surface area (Å²) < 4.78 is 33.4. The third kappa shape index (κ3) is 4.70. The molecule has 0 aliphatic carbocycles. The van der Waals surface area contributed by atoms with E-state index in [-0.39, 0.29) is 18.0 Å². The van der Waals surface area contributed by atoms with Crippen LogP contribution in [0.4, 0.5) is 8.78 Å². The Morgan fingerprint density at radius 1 is 0.941 bits per heavy atom. The van der Waals surface area contributed by atoms with Gasteiger partial charge in [0.05, 0.1) is 12.6 Å². The third-order valence-corrected chi connectivity index (χ3v) is 5.88. The van der Waals surface area contributed by atoms with E-state index in [0.29, 0.717) is 18.7 Å². The fourth-order valence-electron chi connectivity index (χ4n) is 4.11. The topological polar surface area (TPSA) is 70.1 Å². The lowest BCUT2D eigenvalue weighted by molar-refractivity contribution is -0.123. The molecule has 1 atom stereocenters. The lowest BCUT2D eigenvalue weighted by Gasteiger charge is -2.18. The minimum Gasteiger partial charge on any atom is -0.460 e. The van der Waals surface area contributed by atoms with Gasteiger partial charge in [-0.05, 0) is 48.4 Å². The summed E-state index contributed by atoms with van der Waals surface area (Å²) in [4.78, 5) is 16.4. The molecule has 0 bridgehead atoms. The Morgan fingerprint density at radius 3 is 2.65 bits per heavy atom. The van der Waals surface area contributed by atoms with E-state index >= 15 is 0 Å². The molecule has 0 aliphatic rings. The second kappa shape index (κ2) is 9.49. The van der Waals surface area contributed by atoms with Crippen molar-refractivity contribution in [3.63, 3.8) is 0 Å². The number of hydrogen-bond donors (Lipinski definition) is 3. The molecule has 2 heterocycles. The fraction of sp³-hybridized carbons (Fsp3) is 0.148. The van der Waals surface area contributed by atoms with E-state index in [1.54, 1.807) is 0 Å². The number of halogens is 2. The number of H-pyrrole nitrogens is 1. The number of furan rings is 1. The van der Waals surface area contributed by atoms with Gasteiger partial charge in [0, 0.05) is 34.6 Å². The zero-order valence-electron chi connectivity index (χ0n) is 18.3. The molecular weight excluding hydrogens is 436 g/mol. The Balaban J connectivity index is 1.35. The number of benzene rings is 3. The highest BCUT2D eigenvalue weighted by molar-refractivity contribution is 5.86. The van der Waals surface area contributed by atoms with Gasteiger partial charge in [-0.15, -0.1) is 0 Å². The maximum absolute atomic E-state index is 14.0. The molecule has 0 saturated carbocycles. The number of nitrogens with one attached hydrogen (secondary N) is 3. The quantitative estimate of drug-likeness (QED) is 0.298. The number of carbonyl (C=O) groups is 1. The third-order valence-electron chi connectivity index (χ3n) is 5.88. The van der Waals surface area contributed by atoms with Crippen molar-refractivity contribution < 1.29 is 18.0 Å². The number of amides is 1. The maximum atomic E-state index is 14.0. The summed E-state index contributed by atoms with van der Waals surface area (Å²) in [7, 11) is 0. The lowest BCUT2D eigenvalue weighted by Crippen LogP contribution is -2.45. The van der Waals surface area contributed by atoms with Gasteiger partial charge in [0.2, 0.25) is 5.91 Å². The van der Waals surface area contributed by atoms with Crippen LogP contribution in [0.15, 0.2) is 83.4 Å². The van der Waals surface area contributed by atoms with Gasteiger partial charge in [-0.2, -0.15) is 0 Å². The number of aromatic nitrogens is 1. The molecular formula is C27H23F2N3O2. The fourth-order valence-corrected chi connectivity index (χ4v) is 4.11. The van der Waals surface area contributed by atoms with E-state index in [0.717, 1.165) is 45.6 Å². The van der Waals surface area contributed by atoms with E-state index in [1.165, 1.54) is 0 Å². The van der Waals surface area contributed by atoms with Gasteiger partial charge < -0.3 is 14.7 Å². The Morgan fingerprint density at radius 2 is 1.76 bits per heavy atom. The first-order valence-corrected chi connectivity index (χ1v) is 11.0. The van der Waals surface area contributed by atoms with Gasteiger partial charge >= 0.3 is 0 Å². The number of rotatable bonds is 8. The van der Waals surface area contributed by atoms with Crippen LogP contribution in [-0.2, 0) is 24.3 Å². The monoisotopic (exact) mass is 459 g/mol. The molecule has 5 rings (SSSR count). The molecule has 5 aromatic rings. The molecule has 0 aliphatic heterocycles. The van der Waals surface area contributed by atoms with Crippen LogP contribution < -0.4 is 10.6 Å². The largest absolute Gasteiger partial charge is 0.460 e. The predicted octanol–water partition coefficient (Wildman–Crippen LogP) is 5.21. The second-order valence-corrected chi connectivity index (χ2v) is 8.20. The van der Waals surface area contributed by atoms with Crippen molar-refractivity contribution in [1.82, 2.24) is 15.6 Å². The molecule has 0 spiro atoms. The highest BCUT2D eigenvalue weighted by atomic mass is 19.1. The van der Waals surface area contributed by atoms with Gasteiger partial charge in [0.25, 0.3) is 0 Å². The van der Waals surface area contributed by atoms with Crippen molar-refractivity contribution in [2.75, 3.05) is 0 Å². The van der Waals surface area contributed by atoms with Crippen LogP contribution in [-0.4, -0.2) is 16.9 Å². The van der Waals surface area contributed by atoms with Crippen LogP contribution in [0, 0.1) is 11.6 Å². The minimum atomic E-state index is -0.621. The van der Waals surface area contributed by atoms with Crippen LogP contribution in [0.1, 0.15) is 16.9 Å². The SMILES string of the molecule is O=C(NCc1cc(F)ccc1F)C(Cc1c[nH]c2ccccc12)NCc1cc2ccccc2o1. The van der Waals surface area contributed by atoms with E-state index in [1.807, 2.05) is 60.8 Å². The standard InChI is InChI=1S/C27H23F2N3O2/c28-20-9-10-23(29)19(11-20)15-32-27(33)25(13-18-14-30-24-7-3-2-6-22(18)24)31-16-21-12-17-5-1-4-8-26(17)34-21/h1-12,14,25,30-31H,13,15-16H2,(H,32,33). The first-order chi connectivity index (χ1) is 16.6. The average molecular weight is 459 g/mol. The van der Waals surface area contributed by atoms with Crippen LogP contribution in [0.3, 0.4) is 0 Å². The zero-order chi connectivity index (χ0) is 23.5. The van der Waals surface area contributed by atoms with Gasteiger partial charge in [0.1, 0.15) is 23.0 Å². The van der Waals surface area contributed by atoms with Crippen molar-refractivity contribution in [2.24, 2.45) is 0 Å². The summed E-state index contributed by atoms with van der Waals surface area (Å²) in [5, 5.41) is 8.03. The molecule has 0 saturated heterocycles. The van der Waals surface area contributed by atoms with Crippen LogP contribution in [0.25, 0.3) is 21.9 Å². The van der Waals surface area contributed by atoms with Gasteiger partial charge in [-0.3, -0.25) is 10.1 Å². The number of fused-ring (bicyclic) bond motifs is 2. The van der Waals surface area contributed by atoms with Crippen molar-refractivity contribution in [1.29, 1.82) is 0 Å². The second-order valence-electron chi connectivity index (χ2n) is 8.20. The molecule has 0 radical (unpaired) electrons. The van der Waals surface area contributed by atoms with E-state index < -0.39 is 17.7 Å². The number of para-hydroxylation sites is 2. The zero-order valence-corrected chi connectivity index (χ0v) is 18.3. The minimum absolute atomic E-state index is 0.0940. The molecule has 1 unspecified atom stereocenters. The van der Waals surface area contributed by atoms with E-state index in [2.05, 4.69) is 15.6 Å². The summed E-state index contributed by atoms with van der Waals surface area (Å²) >= 11 is 0. The van der Waals surface area contributed by atoms with E-state index in [9.17, 15) is 13.6 Å². The highest BCUT2D eigenvalue weighted by Crippen LogP contribution is 2.21. The number of hydrogen-bond acceptors (Lipinski definition) is 3. The van der Waals surface area contributed by atoms with Crippen LogP contribution >= 0.6 is 0 Å². The molecule has 3 N–H and O–H groups in total. The first-order valence-electron chi connectivity index (χ1n) is 11.0. The van der Waals surface area contributed by atoms with Crippen LogP contribution in [0.5, 0.6) is 0 Å². The Kier molecular flexibility index (Phi) is 6.10. The molecule has 3 aromatic carbocycles. The van der Waals surface area contributed by atoms with Crippen LogP contribution in [0.2, 0.25) is 0 Å². The summed E-state index contributed by atoms with van der Waals surface area (Å²) in [6.45, 7) is 0.225. The highest BCUT2D eigenvalue weighted by Gasteiger charge is 2.21. The molecule has 34 heavy (non-hydrogen) atoms. The summed E-state index contributed by atoms with van der Waals surface area (Å²) in [6.07, 6.45) is 2.29. The average Bonchev–Trinajstić information content (AvgIpc) is 3.45. The Labute approximate surface area is 194 Å². The van der Waals surface area contributed by atoms with Gasteiger partial charge in [-0.1, -0.05) is 36.4 Å². The molecule has 2 aromatic heterocycles. The lowest BCUT2D eigenvalue weighted by atomic mass is 10.0. The normalized spacial score (nSPS) is 12.3. The number of carbonyl (C=O) groups excluding carboxylic acids is 1. The summed E-state index contributed by atoms with van der Waals surface area (Å²) in [6, 6.07) is 20.1. The summed E-state index contributed by atoms with van der Waals surface area (Å²) in [5.41, 5.74) is 2.83. The van der Waals surface area contributed by atoms with Crippen molar-refractivity contribution in [2.45, 2.75) is 25.6 Å². The Bertz CT molecular complexity index is 1420. The molecule has 7 heteroatoms. The molecule has 5 nitrogen and oxygen atoms in total. The van der Waals surface area contributed by atoms with Crippen molar-refractivity contribution in [3.05, 3.63) is 108 Å². The predicted molar refractivity (Wildman–Crippen MR) is 127 cm³/mol. The van der Waals surface area contributed by atoms with Gasteiger partial charge in [-0.25, -0.2) is 8.78 Å². The van der Waals surface area contributed by atoms with Crippen molar-refractivity contribution >= 4 is 27.8 Å². The summed E-state index contributed by atoms with van der Waals surface area (Å²) in [5.74, 6) is -0.728.